The molecule has 20 heavy (non-hydrogen) atoms. The van der Waals surface area contributed by atoms with Crippen molar-refractivity contribution in [3.8, 4) is 5.75 Å². The molecule has 1 amide bonds. The van der Waals surface area contributed by atoms with Gasteiger partial charge in [0, 0.05) is 5.56 Å². The van der Waals surface area contributed by atoms with Crippen molar-refractivity contribution >= 4 is 11.9 Å². The Morgan fingerprint density at radius 3 is 2.20 bits per heavy atom. The predicted octanol–water partition coefficient (Wildman–Crippen LogP) is 1.90. The molecule has 5 nitrogen and oxygen atoms in total. The van der Waals surface area contributed by atoms with E-state index in [0.29, 0.717) is 5.56 Å². The number of ether oxygens (including phenoxy) is 2. The molecule has 0 aromatic heterocycles. The van der Waals surface area contributed by atoms with E-state index in [1.54, 1.807) is 24.3 Å². The first-order chi connectivity index (χ1) is 9.60. The van der Waals surface area contributed by atoms with Crippen LogP contribution in [0.4, 0.5) is 0 Å². The van der Waals surface area contributed by atoms with E-state index in [9.17, 15) is 9.59 Å². The van der Waals surface area contributed by atoms with E-state index in [1.165, 1.54) is 7.11 Å². The Morgan fingerprint density at radius 2 is 1.70 bits per heavy atom. The summed E-state index contributed by atoms with van der Waals surface area (Å²) in [5.41, 5.74) is 5.65. The van der Waals surface area contributed by atoms with Crippen molar-refractivity contribution in [2.24, 2.45) is 11.7 Å². The van der Waals surface area contributed by atoms with Gasteiger partial charge >= 0.3 is 5.97 Å². The van der Waals surface area contributed by atoms with Crippen LogP contribution in [-0.2, 0) is 9.53 Å². The monoisotopic (exact) mass is 277 g/mol. The summed E-state index contributed by atoms with van der Waals surface area (Å²) in [6.07, 6.45) is 3.34. The Morgan fingerprint density at radius 1 is 1.10 bits per heavy atom. The van der Waals surface area contributed by atoms with Gasteiger partial charge < -0.3 is 15.2 Å². The average Bonchev–Trinajstić information content (AvgIpc) is 2.48. The van der Waals surface area contributed by atoms with E-state index in [-0.39, 0.29) is 18.0 Å². The van der Waals surface area contributed by atoms with Gasteiger partial charge in [-0.25, -0.2) is 0 Å². The zero-order chi connectivity index (χ0) is 14.5. The minimum absolute atomic E-state index is 0.00270. The molecule has 0 unspecified atom stereocenters. The molecule has 0 saturated heterocycles. The number of primary amides is 1. The molecule has 1 aromatic rings. The van der Waals surface area contributed by atoms with Gasteiger partial charge in [0.2, 0.25) is 5.91 Å². The smallest absolute Gasteiger partial charge is 0.308 e. The number of rotatable bonds is 4. The Kier molecular flexibility index (Phi) is 4.61. The van der Waals surface area contributed by atoms with Gasteiger partial charge in [-0.2, -0.15) is 0 Å². The van der Waals surface area contributed by atoms with Crippen molar-refractivity contribution in [1.29, 1.82) is 0 Å². The lowest BCUT2D eigenvalue weighted by Crippen LogP contribution is -2.28. The average molecular weight is 277 g/mol. The van der Waals surface area contributed by atoms with Crippen molar-refractivity contribution < 1.29 is 19.1 Å². The summed E-state index contributed by atoms with van der Waals surface area (Å²) in [7, 11) is 1.42. The van der Waals surface area contributed by atoms with E-state index in [2.05, 4.69) is 0 Å². The first-order valence-corrected chi connectivity index (χ1v) is 6.74. The van der Waals surface area contributed by atoms with Gasteiger partial charge in [-0.05, 0) is 49.9 Å². The second kappa shape index (κ2) is 6.41. The van der Waals surface area contributed by atoms with Crippen molar-refractivity contribution in [3.63, 3.8) is 0 Å². The van der Waals surface area contributed by atoms with Crippen LogP contribution < -0.4 is 10.5 Å². The van der Waals surface area contributed by atoms with Crippen LogP contribution in [0.25, 0.3) is 0 Å². The normalized spacial score (nSPS) is 22.1. The van der Waals surface area contributed by atoms with Crippen LogP contribution in [0.15, 0.2) is 24.3 Å². The molecule has 1 aliphatic carbocycles. The molecule has 0 radical (unpaired) electrons. The van der Waals surface area contributed by atoms with E-state index >= 15 is 0 Å². The number of nitrogens with two attached hydrogens (primary N) is 1. The van der Waals surface area contributed by atoms with Crippen LogP contribution in [-0.4, -0.2) is 25.1 Å². The summed E-state index contributed by atoms with van der Waals surface area (Å²) in [5, 5.41) is 0. The van der Waals surface area contributed by atoms with Crippen molar-refractivity contribution in [1.82, 2.24) is 0 Å². The fourth-order valence-corrected chi connectivity index (χ4v) is 2.47. The third kappa shape index (κ3) is 3.50. The van der Waals surface area contributed by atoms with Gasteiger partial charge in [-0.3, -0.25) is 9.59 Å². The maximum Gasteiger partial charge on any atom is 0.308 e. The molecule has 2 rings (SSSR count). The molecule has 5 heteroatoms. The summed E-state index contributed by atoms with van der Waals surface area (Å²) in [6.45, 7) is 0. The number of carbonyl (C=O) groups excluding carboxylic acids is 2. The number of carbonyl (C=O) groups is 2. The van der Waals surface area contributed by atoms with Crippen molar-refractivity contribution in [3.05, 3.63) is 29.8 Å². The molecular weight excluding hydrogens is 258 g/mol. The summed E-state index contributed by atoms with van der Waals surface area (Å²) in [5.74, 6) is 0.137. The molecule has 0 aliphatic heterocycles. The van der Waals surface area contributed by atoms with Crippen LogP contribution in [0.5, 0.6) is 5.75 Å². The molecule has 1 fully saturated rings. The number of esters is 1. The molecule has 108 valence electrons. The van der Waals surface area contributed by atoms with E-state index in [4.69, 9.17) is 15.2 Å². The zero-order valence-corrected chi connectivity index (χ0v) is 11.5. The van der Waals surface area contributed by atoms with E-state index in [0.717, 1.165) is 31.4 Å². The minimum Gasteiger partial charge on any atom is -0.490 e. The molecule has 2 N–H and O–H groups in total. The first kappa shape index (κ1) is 14.4. The molecule has 0 bridgehead atoms. The maximum absolute atomic E-state index is 11.4. The third-order valence-corrected chi connectivity index (χ3v) is 3.65. The Labute approximate surface area is 118 Å². The number of benzene rings is 1. The van der Waals surface area contributed by atoms with Crippen molar-refractivity contribution in [2.75, 3.05) is 7.11 Å². The molecule has 0 spiro atoms. The minimum atomic E-state index is -0.449. The van der Waals surface area contributed by atoms with E-state index in [1.807, 2.05) is 0 Å². The fraction of sp³-hybridized carbons (Fsp3) is 0.467. The number of hydrogen-bond donors (Lipinski definition) is 1. The number of amides is 1. The number of methoxy groups -OCH3 is 1. The van der Waals surface area contributed by atoms with E-state index < -0.39 is 5.91 Å². The lowest BCUT2D eigenvalue weighted by atomic mass is 9.87. The third-order valence-electron chi connectivity index (χ3n) is 3.65. The highest BCUT2D eigenvalue weighted by atomic mass is 16.5. The highest BCUT2D eigenvalue weighted by Gasteiger charge is 2.27. The topological polar surface area (TPSA) is 78.6 Å². The fourth-order valence-electron chi connectivity index (χ4n) is 2.47. The quantitative estimate of drug-likeness (QED) is 0.852. The Bertz CT molecular complexity index is 475. The lowest BCUT2D eigenvalue weighted by molar-refractivity contribution is -0.147. The Hall–Kier alpha value is -2.04. The highest BCUT2D eigenvalue weighted by Crippen LogP contribution is 2.28. The maximum atomic E-state index is 11.4. The summed E-state index contributed by atoms with van der Waals surface area (Å²) < 4.78 is 10.6. The second-order valence-electron chi connectivity index (χ2n) is 5.00. The molecule has 1 saturated carbocycles. The SMILES string of the molecule is COC(=O)C1CCC(Oc2ccc(C(N)=O)cc2)CC1. The van der Waals surface area contributed by atoms with Crippen LogP contribution in [0.1, 0.15) is 36.0 Å². The molecule has 0 atom stereocenters. The largest absolute Gasteiger partial charge is 0.490 e. The highest BCUT2D eigenvalue weighted by molar-refractivity contribution is 5.92. The van der Waals surface area contributed by atoms with Crippen LogP contribution in [0.2, 0.25) is 0 Å². The summed E-state index contributed by atoms with van der Waals surface area (Å²) >= 11 is 0. The van der Waals surface area contributed by atoms with Gasteiger partial charge in [-0.1, -0.05) is 0 Å². The molecule has 1 aliphatic rings. The number of hydrogen-bond acceptors (Lipinski definition) is 4. The van der Waals surface area contributed by atoms with Crippen LogP contribution in [0.3, 0.4) is 0 Å². The standard InChI is InChI=1S/C15H19NO4/c1-19-15(18)11-4-8-13(9-5-11)20-12-6-2-10(3-7-12)14(16)17/h2-3,6-7,11,13H,4-5,8-9H2,1H3,(H2,16,17). The first-order valence-electron chi connectivity index (χ1n) is 6.74. The lowest BCUT2D eigenvalue weighted by Gasteiger charge is -2.27. The van der Waals surface area contributed by atoms with Gasteiger partial charge in [-0.15, -0.1) is 0 Å². The van der Waals surface area contributed by atoms with Gasteiger partial charge in [0.05, 0.1) is 19.1 Å². The van der Waals surface area contributed by atoms with Crippen LogP contribution in [0, 0.1) is 5.92 Å². The molecule has 1 aromatic carbocycles. The van der Waals surface area contributed by atoms with Gasteiger partial charge in [0.15, 0.2) is 0 Å². The zero-order valence-electron chi connectivity index (χ0n) is 11.5. The molecular formula is C15H19NO4. The summed E-state index contributed by atoms with van der Waals surface area (Å²) in [4.78, 5) is 22.4. The van der Waals surface area contributed by atoms with Gasteiger partial charge in [0.1, 0.15) is 5.75 Å². The van der Waals surface area contributed by atoms with Crippen LogP contribution >= 0.6 is 0 Å². The second-order valence-corrected chi connectivity index (χ2v) is 5.00. The van der Waals surface area contributed by atoms with Gasteiger partial charge in [0.25, 0.3) is 0 Å². The molecule has 0 heterocycles. The summed E-state index contributed by atoms with van der Waals surface area (Å²) in [6, 6.07) is 6.79. The predicted molar refractivity (Wildman–Crippen MR) is 73.3 cm³/mol. The van der Waals surface area contributed by atoms with Crippen molar-refractivity contribution in [2.45, 2.75) is 31.8 Å². The Balaban J connectivity index is 1.86.